The third kappa shape index (κ3) is 3.92. The average Bonchev–Trinajstić information content (AvgIpc) is 2.45. The first kappa shape index (κ1) is 17.1. The van der Waals surface area contributed by atoms with Gasteiger partial charge in [-0.2, -0.15) is 0 Å². The molecule has 0 bridgehead atoms. The second-order valence-corrected chi connectivity index (χ2v) is 5.85. The van der Waals surface area contributed by atoms with Gasteiger partial charge in [0, 0.05) is 12.5 Å². The van der Waals surface area contributed by atoms with E-state index in [0.29, 0.717) is 30.1 Å². The van der Waals surface area contributed by atoms with Crippen LogP contribution in [0.3, 0.4) is 0 Å². The Bertz CT molecular complexity index is 647. The lowest BCUT2D eigenvalue weighted by Gasteiger charge is -2.35. The van der Waals surface area contributed by atoms with Crippen LogP contribution >= 0.6 is 0 Å². The minimum atomic E-state index is -0.689. The summed E-state index contributed by atoms with van der Waals surface area (Å²) in [7, 11) is 1.54. The Morgan fingerprint density at radius 1 is 1.43 bits per heavy atom. The molecule has 1 atom stereocenters. The van der Waals surface area contributed by atoms with Gasteiger partial charge in [-0.1, -0.05) is 6.08 Å². The molecule has 23 heavy (non-hydrogen) atoms. The first-order chi connectivity index (χ1) is 10.9. The van der Waals surface area contributed by atoms with Crippen molar-refractivity contribution in [2.75, 3.05) is 13.7 Å². The molecule has 0 amide bonds. The molecule has 0 aliphatic carbocycles. The molecule has 1 heterocycles. The van der Waals surface area contributed by atoms with Gasteiger partial charge in [-0.05, 0) is 38.5 Å². The fourth-order valence-corrected chi connectivity index (χ4v) is 2.68. The molecule has 0 aromatic heterocycles. The maximum Gasteiger partial charge on any atom is 0.330 e. The van der Waals surface area contributed by atoms with Gasteiger partial charge in [-0.25, -0.2) is 4.79 Å². The van der Waals surface area contributed by atoms with Crippen LogP contribution in [0.2, 0.25) is 0 Å². The monoisotopic (exact) mass is 318 g/mol. The fraction of sp³-hybridized carbons (Fsp3) is 0.444. The van der Waals surface area contributed by atoms with Crippen molar-refractivity contribution in [3.63, 3.8) is 0 Å². The van der Waals surface area contributed by atoms with Gasteiger partial charge in [0.25, 0.3) is 0 Å². The van der Waals surface area contributed by atoms with Gasteiger partial charge in [0.2, 0.25) is 0 Å². The highest BCUT2D eigenvalue weighted by molar-refractivity contribution is 6.03. The highest BCUT2D eigenvalue weighted by Crippen LogP contribution is 2.40. The van der Waals surface area contributed by atoms with E-state index in [2.05, 4.69) is 0 Å². The Hall–Kier alpha value is -2.30. The molecule has 5 nitrogen and oxygen atoms in total. The molecule has 2 rings (SSSR count). The minimum Gasteiger partial charge on any atom is -0.496 e. The summed E-state index contributed by atoms with van der Waals surface area (Å²) in [6, 6.07) is 3.66. The van der Waals surface area contributed by atoms with Gasteiger partial charge in [0.1, 0.15) is 22.7 Å². The lowest BCUT2D eigenvalue weighted by molar-refractivity contribution is -0.137. The highest BCUT2D eigenvalue weighted by atomic mass is 16.5. The number of methoxy groups -OCH3 is 1. The Morgan fingerprint density at radius 2 is 2.17 bits per heavy atom. The Balaban J connectivity index is 2.21. The number of Topliss-reactive ketones (excluding diaryl/α,β-unsaturated/α-hetero) is 1. The highest BCUT2D eigenvalue weighted by Gasteiger charge is 2.37. The molecule has 0 spiro atoms. The molecule has 1 aliphatic heterocycles. The maximum absolute atomic E-state index is 12.5. The van der Waals surface area contributed by atoms with E-state index in [0.717, 1.165) is 5.56 Å². The fourth-order valence-electron chi connectivity index (χ4n) is 2.68. The summed E-state index contributed by atoms with van der Waals surface area (Å²) >= 11 is 0. The number of rotatable bonds is 5. The number of carbonyl (C=O) groups excluding carboxylic acids is 2. The lowest BCUT2D eigenvalue weighted by Crippen LogP contribution is -2.39. The smallest absolute Gasteiger partial charge is 0.330 e. The summed E-state index contributed by atoms with van der Waals surface area (Å²) in [5, 5.41) is 0. The third-order valence-electron chi connectivity index (χ3n) is 3.69. The van der Waals surface area contributed by atoms with Crippen LogP contribution in [0.1, 0.15) is 42.6 Å². The van der Waals surface area contributed by atoms with Crippen LogP contribution in [-0.2, 0) is 9.53 Å². The van der Waals surface area contributed by atoms with Crippen molar-refractivity contribution in [3.05, 3.63) is 35.4 Å². The zero-order chi connectivity index (χ0) is 17.0. The Kier molecular flexibility index (Phi) is 5.08. The summed E-state index contributed by atoms with van der Waals surface area (Å²) < 4.78 is 16.2. The third-order valence-corrected chi connectivity index (χ3v) is 3.69. The van der Waals surface area contributed by atoms with Crippen molar-refractivity contribution in [2.24, 2.45) is 0 Å². The average molecular weight is 318 g/mol. The molecule has 1 aromatic rings. The number of ether oxygens (including phenoxy) is 3. The zero-order valence-corrected chi connectivity index (χ0v) is 14.0. The summed E-state index contributed by atoms with van der Waals surface area (Å²) in [6.07, 6.45) is 3.72. The van der Waals surface area contributed by atoms with Gasteiger partial charge < -0.3 is 14.2 Å². The molecular formula is C18H22O5. The molecule has 0 unspecified atom stereocenters. The van der Waals surface area contributed by atoms with Crippen LogP contribution in [0, 0.1) is 6.92 Å². The van der Waals surface area contributed by atoms with E-state index in [-0.39, 0.29) is 12.2 Å². The topological polar surface area (TPSA) is 61.8 Å². The molecular weight excluding hydrogens is 296 g/mol. The molecule has 5 heteroatoms. The van der Waals surface area contributed by atoms with Crippen molar-refractivity contribution in [1.82, 2.24) is 0 Å². The normalized spacial score (nSPS) is 20.1. The minimum absolute atomic E-state index is 0.0184. The standard InChI is InChI=1S/C18H22O5/c1-5-22-16(20)7-6-8-18(3)11-13(19)17-14(21-4)9-12(2)10-15(17)23-18/h6-7,9-10H,5,8,11H2,1-4H3/b7-6+/t18-/m1/s1. The van der Waals surface area contributed by atoms with Gasteiger partial charge in [0.05, 0.1) is 20.1 Å². The predicted octanol–water partition coefficient (Wildman–Crippen LogP) is 3.24. The second kappa shape index (κ2) is 6.86. The SMILES string of the molecule is CCOC(=O)/C=C/C[C@]1(C)CC(=O)c2c(OC)cc(C)cc2O1. The van der Waals surface area contributed by atoms with Crippen molar-refractivity contribution >= 4 is 11.8 Å². The summed E-state index contributed by atoms with van der Waals surface area (Å²) in [4.78, 5) is 23.9. The summed E-state index contributed by atoms with van der Waals surface area (Å²) in [5.41, 5.74) is 0.760. The molecule has 1 aliphatic rings. The number of hydrogen-bond donors (Lipinski definition) is 0. The maximum atomic E-state index is 12.5. The molecule has 0 radical (unpaired) electrons. The van der Waals surface area contributed by atoms with Crippen molar-refractivity contribution in [3.8, 4) is 11.5 Å². The molecule has 0 N–H and O–H groups in total. The largest absolute Gasteiger partial charge is 0.496 e. The number of hydrogen-bond acceptors (Lipinski definition) is 5. The van der Waals surface area contributed by atoms with Gasteiger partial charge >= 0.3 is 5.97 Å². The van der Waals surface area contributed by atoms with E-state index < -0.39 is 11.6 Å². The molecule has 1 aromatic carbocycles. The van der Waals surface area contributed by atoms with Crippen molar-refractivity contribution < 1.29 is 23.8 Å². The van der Waals surface area contributed by atoms with Crippen LogP contribution in [0.15, 0.2) is 24.3 Å². The van der Waals surface area contributed by atoms with Crippen LogP contribution in [0.25, 0.3) is 0 Å². The first-order valence-electron chi connectivity index (χ1n) is 7.62. The van der Waals surface area contributed by atoms with Crippen LogP contribution in [0.5, 0.6) is 11.5 Å². The number of carbonyl (C=O) groups is 2. The number of aryl methyl sites for hydroxylation is 1. The molecule has 0 saturated heterocycles. The number of fused-ring (bicyclic) bond motifs is 1. The second-order valence-electron chi connectivity index (χ2n) is 5.85. The number of ketones is 1. The van der Waals surface area contributed by atoms with Crippen molar-refractivity contribution in [1.29, 1.82) is 0 Å². The summed E-state index contributed by atoms with van der Waals surface area (Å²) in [5.74, 6) is 0.658. The molecule has 0 saturated carbocycles. The lowest BCUT2D eigenvalue weighted by atomic mass is 9.88. The van der Waals surface area contributed by atoms with E-state index in [1.54, 1.807) is 13.0 Å². The van der Waals surface area contributed by atoms with Gasteiger partial charge in [-0.15, -0.1) is 0 Å². The number of esters is 1. The first-order valence-corrected chi connectivity index (χ1v) is 7.62. The van der Waals surface area contributed by atoms with Crippen LogP contribution in [-0.4, -0.2) is 31.1 Å². The predicted molar refractivity (Wildman–Crippen MR) is 86.1 cm³/mol. The molecule has 124 valence electrons. The Morgan fingerprint density at radius 3 is 2.83 bits per heavy atom. The Labute approximate surface area is 136 Å². The van der Waals surface area contributed by atoms with E-state index in [9.17, 15) is 9.59 Å². The van der Waals surface area contributed by atoms with E-state index in [4.69, 9.17) is 14.2 Å². The van der Waals surface area contributed by atoms with Crippen LogP contribution < -0.4 is 9.47 Å². The quantitative estimate of drug-likeness (QED) is 0.616. The zero-order valence-electron chi connectivity index (χ0n) is 14.0. The van der Waals surface area contributed by atoms with Gasteiger partial charge in [-0.3, -0.25) is 4.79 Å². The molecule has 0 fully saturated rings. The number of benzene rings is 1. The van der Waals surface area contributed by atoms with E-state index >= 15 is 0 Å². The van der Waals surface area contributed by atoms with Gasteiger partial charge in [0.15, 0.2) is 5.78 Å². The van der Waals surface area contributed by atoms with E-state index in [1.165, 1.54) is 13.2 Å². The van der Waals surface area contributed by atoms with Crippen LogP contribution in [0.4, 0.5) is 0 Å². The summed E-state index contributed by atoms with van der Waals surface area (Å²) in [6.45, 7) is 5.87. The van der Waals surface area contributed by atoms with Crippen molar-refractivity contribution in [2.45, 2.75) is 39.2 Å². The van der Waals surface area contributed by atoms with E-state index in [1.807, 2.05) is 26.0 Å².